The van der Waals surface area contributed by atoms with Crippen molar-refractivity contribution < 1.29 is 9.21 Å². The Morgan fingerprint density at radius 3 is 3.07 bits per heavy atom. The molecule has 0 N–H and O–H groups in total. The Kier molecular flexibility index (Phi) is 2.60. The number of carbonyl (C=O) groups excluding carboxylic acids is 1. The second kappa shape index (κ2) is 3.90. The molecule has 0 aromatic carbocycles. The summed E-state index contributed by atoms with van der Waals surface area (Å²) in [7, 11) is 0. The van der Waals surface area contributed by atoms with E-state index in [1.54, 1.807) is 10.7 Å². The fourth-order valence-electron chi connectivity index (χ4n) is 1.36. The van der Waals surface area contributed by atoms with Gasteiger partial charge in [-0.1, -0.05) is 11.6 Å². The molecule has 0 radical (unpaired) electrons. The van der Waals surface area contributed by atoms with Crippen molar-refractivity contribution in [3.63, 3.8) is 0 Å². The second-order valence-electron chi connectivity index (χ2n) is 3.00. The SMILES string of the molecule is CCn1ncc(Cl)c1C(=O)c1ccoc1. The van der Waals surface area contributed by atoms with Crippen LogP contribution in [-0.4, -0.2) is 15.6 Å². The van der Waals surface area contributed by atoms with Crippen molar-refractivity contribution in [2.45, 2.75) is 13.5 Å². The van der Waals surface area contributed by atoms with Gasteiger partial charge in [0, 0.05) is 6.54 Å². The van der Waals surface area contributed by atoms with Crippen molar-refractivity contribution in [3.05, 3.63) is 41.1 Å². The summed E-state index contributed by atoms with van der Waals surface area (Å²) in [5.74, 6) is -0.173. The lowest BCUT2D eigenvalue weighted by Gasteiger charge is -2.02. The maximum atomic E-state index is 12.0. The van der Waals surface area contributed by atoms with E-state index >= 15 is 0 Å². The molecule has 0 amide bonds. The summed E-state index contributed by atoms with van der Waals surface area (Å²) < 4.78 is 6.42. The van der Waals surface area contributed by atoms with Gasteiger partial charge >= 0.3 is 0 Å². The van der Waals surface area contributed by atoms with Crippen LogP contribution in [0, 0.1) is 0 Å². The van der Waals surface area contributed by atoms with Gasteiger partial charge in [-0.2, -0.15) is 5.10 Å². The van der Waals surface area contributed by atoms with Crippen molar-refractivity contribution in [1.82, 2.24) is 9.78 Å². The predicted molar refractivity (Wildman–Crippen MR) is 55.1 cm³/mol. The molecule has 0 saturated carbocycles. The molecule has 0 aliphatic carbocycles. The number of carbonyl (C=O) groups is 1. The number of rotatable bonds is 3. The maximum absolute atomic E-state index is 12.0. The number of hydrogen-bond acceptors (Lipinski definition) is 3. The third kappa shape index (κ3) is 1.68. The van der Waals surface area contributed by atoms with E-state index in [4.69, 9.17) is 16.0 Å². The third-order valence-electron chi connectivity index (χ3n) is 2.09. The Bertz CT molecular complexity index is 474. The molecule has 2 heterocycles. The zero-order valence-corrected chi connectivity index (χ0v) is 8.86. The van der Waals surface area contributed by atoms with Crippen molar-refractivity contribution in [2.75, 3.05) is 0 Å². The van der Waals surface area contributed by atoms with E-state index in [2.05, 4.69) is 5.10 Å². The average Bonchev–Trinajstić information content (AvgIpc) is 2.85. The highest BCUT2D eigenvalue weighted by Crippen LogP contribution is 2.19. The summed E-state index contributed by atoms with van der Waals surface area (Å²) in [6.07, 6.45) is 4.32. The molecule has 0 spiro atoms. The number of aromatic nitrogens is 2. The van der Waals surface area contributed by atoms with Gasteiger partial charge in [-0.05, 0) is 13.0 Å². The van der Waals surface area contributed by atoms with Crippen LogP contribution in [0.3, 0.4) is 0 Å². The lowest BCUT2D eigenvalue weighted by molar-refractivity contribution is 0.102. The maximum Gasteiger partial charge on any atom is 0.215 e. The van der Waals surface area contributed by atoms with Crippen LogP contribution in [0.25, 0.3) is 0 Å². The molecular weight excluding hydrogens is 216 g/mol. The largest absolute Gasteiger partial charge is 0.472 e. The van der Waals surface area contributed by atoms with Crippen LogP contribution in [0.1, 0.15) is 23.0 Å². The van der Waals surface area contributed by atoms with Gasteiger partial charge in [0.2, 0.25) is 5.78 Å². The van der Waals surface area contributed by atoms with Crippen LogP contribution < -0.4 is 0 Å². The molecule has 0 atom stereocenters. The Morgan fingerprint density at radius 2 is 2.47 bits per heavy atom. The van der Waals surface area contributed by atoms with Crippen LogP contribution in [0.4, 0.5) is 0 Å². The number of hydrogen-bond donors (Lipinski definition) is 0. The Balaban J connectivity index is 2.45. The summed E-state index contributed by atoms with van der Waals surface area (Å²) in [6, 6.07) is 1.60. The molecular formula is C10H9ClN2O2. The fraction of sp³-hybridized carbons (Fsp3) is 0.200. The molecule has 15 heavy (non-hydrogen) atoms. The number of ketones is 1. The molecule has 2 rings (SSSR count). The summed E-state index contributed by atoms with van der Waals surface area (Å²) in [6.45, 7) is 2.50. The van der Waals surface area contributed by atoms with Gasteiger partial charge in [0.25, 0.3) is 0 Å². The zero-order valence-electron chi connectivity index (χ0n) is 8.11. The molecule has 0 unspecified atom stereocenters. The Labute approximate surface area is 91.4 Å². The van der Waals surface area contributed by atoms with Gasteiger partial charge in [-0.15, -0.1) is 0 Å². The van der Waals surface area contributed by atoms with Gasteiger partial charge in [-0.3, -0.25) is 9.48 Å². The van der Waals surface area contributed by atoms with Gasteiger partial charge in [0.05, 0.1) is 23.0 Å². The molecule has 2 aromatic rings. The molecule has 4 nitrogen and oxygen atoms in total. The normalized spacial score (nSPS) is 10.5. The van der Waals surface area contributed by atoms with Gasteiger partial charge in [0.15, 0.2) is 0 Å². The molecule has 0 bridgehead atoms. The highest BCUT2D eigenvalue weighted by molar-refractivity contribution is 6.34. The predicted octanol–water partition coefficient (Wildman–Crippen LogP) is 2.38. The second-order valence-corrected chi connectivity index (χ2v) is 3.41. The Hall–Kier alpha value is -1.55. The van der Waals surface area contributed by atoms with Crippen LogP contribution in [0.15, 0.2) is 29.2 Å². The van der Waals surface area contributed by atoms with Gasteiger partial charge in [0.1, 0.15) is 12.0 Å². The molecule has 0 aliphatic rings. The first-order valence-electron chi connectivity index (χ1n) is 4.52. The van der Waals surface area contributed by atoms with Crippen LogP contribution >= 0.6 is 11.6 Å². The third-order valence-corrected chi connectivity index (χ3v) is 2.37. The number of halogens is 1. The minimum absolute atomic E-state index is 0.173. The van der Waals surface area contributed by atoms with Crippen LogP contribution in [0.5, 0.6) is 0 Å². The van der Waals surface area contributed by atoms with E-state index in [9.17, 15) is 4.79 Å². The molecule has 0 fully saturated rings. The summed E-state index contributed by atoms with van der Waals surface area (Å²) in [4.78, 5) is 12.0. The lowest BCUT2D eigenvalue weighted by Crippen LogP contribution is -2.10. The van der Waals surface area contributed by atoms with E-state index in [0.29, 0.717) is 22.8 Å². The number of nitrogens with zero attached hydrogens (tertiary/aromatic N) is 2. The van der Waals surface area contributed by atoms with Crippen LogP contribution in [-0.2, 0) is 6.54 Å². The quantitative estimate of drug-likeness (QED) is 0.752. The van der Waals surface area contributed by atoms with Gasteiger partial charge in [-0.25, -0.2) is 0 Å². The summed E-state index contributed by atoms with van der Waals surface area (Å²) in [5, 5.41) is 4.36. The standard InChI is InChI=1S/C10H9ClN2O2/c1-2-13-9(8(11)5-12-13)10(14)7-3-4-15-6-7/h3-6H,2H2,1H3. The van der Waals surface area contributed by atoms with Crippen molar-refractivity contribution in [1.29, 1.82) is 0 Å². The molecule has 0 aliphatic heterocycles. The minimum atomic E-state index is -0.173. The monoisotopic (exact) mass is 224 g/mol. The highest BCUT2D eigenvalue weighted by atomic mass is 35.5. The smallest absolute Gasteiger partial charge is 0.215 e. The van der Waals surface area contributed by atoms with Crippen molar-refractivity contribution in [3.8, 4) is 0 Å². The number of furan rings is 1. The van der Waals surface area contributed by atoms with Gasteiger partial charge < -0.3 is 4.42 Å². The molecule has 78 valence electrons. The first-order chi connectivity index (χ1) is 7.24. The Morgan fingerprint density at radius 1 is 1.67 bits per heavy atom. The molecule has 0 saturated heterocycles. The van der Waals surface area contributed by atoms with E-state index in [1.165, 1.54) is 18.7 Å². The zero-order chi connectivity index (χ0) is 10.8. The average molecular weight is 225 g/mol. The first-order valence-corrected chi connectivity index (χ1v) is 4.90. The topological polar surface area (TPSA) is 48.0 Å². The van der Waals surface area contributed by atoms with E-state index in [1.807, 2.05) is 6.92 Å². The minimum Gasteiger partial charge on any atom is -0.472 e. The summed E-state index contributed by atoms with van der Waals surface area (Å²) in [5.41, 5.74) is 0.882. The highest BCUT2D eigenvalue weighted by Gasteiger charge is 2.19. The molecule has 2 aromatic heterocycles. The van der Waals surface area contributed by atoms with Crippen molar-refractivity contribution in [2.24, 2.45) is 0 Å². The van der Waals surface area contributed by atoms with E-state index < -0.39 is 0 Å². The van der Waals surface area contributed by atoms with Crippen molar-refractivity contribution >= 4 is 17.4 Å². The molecule has 5 heteroatoms. The first kappa shape index (κ1) is 9.98. The number of aryl methyl sites for hydroxylation is 1. The lowest BCUT2D eigenvalue weighted by atomic mass is 10.1. The summed E-state index contributed by atoms with van der Waals surface area (Å²) >= 11 is 5.90. The van der Waals surface area contributed by atoms with E-state index in [0.717, 1.165) is 0 Å². The van der Waals surface area contributed by atoms with Crippen LogP contribution in [0.2, 0.25) is 5.02 Å². The van der Waals surface area contributed by atoms with E-state index in [-0.39, 0.29) is 5.78 Å². The fourth-order valence-corrected chi connectivity index (χ4v) is 1.59.